The number of halogens is 3. The Hall–Kier alpha value is -3.07. The number of rotatable bonds is 6. The van der Waals surface area contributed by atoms with E-state index >= 15 is 0 Å². The molecule has 2 aromatic carbocycles. The van der Waals surface area contributed by atoms with E-state index in [-0.39, 0.29) is 43.5 Å². The van der Waals surface area contributed by atoms with Crippen LogP contribution in [0.3, 0.4) is 0 Å². The lowest BCUT2D eigenvalue weighted by Gasteiger charge is -2.49. The molecule has 4 rings (SSSR count). The van der Waals surface area contributed by atoms with E-state index in [0.29, 0.717) is 25.1 Å². The quantitative estimate of drug-likeness (QED) is 0.623. The first kappa shape index (κ1) is 26.0. The summed E-state index contributed by atoms with van der Waals surface area (Å²) >= 11 is 0. The van der Waals surface area contributed by atoms with E-state index < -0.39 is 29.5 Å². The fourth-order valence-corrected chi connectivity index (χ4v) is 5.49. The molecule has 2 amide bonds. The Morgan fingerprint density at radius 1 is 1.14 bits per heavy atom. The Labute approximate surface area is 208 Å². The Kier molecular flexibility index (Phi) is 7.59. The van der Waals surface area contributed by atoms with Crippen LogP contribution < -0.4 is 10.1 Å². The standard InChI is InChI=1S/C27H31F3N2O4/c1-18(33)17-36-22-10-6-5-9-20(22)21-16-31-23(34)15-26(21)11-13-32(14-12-26)25(35)24(27(28,29)30)19-7-3-2-4-8-19/h2-10,18,21,24,33H,11-17H2,1H3,(H,31,34). The van der Waals surface area contributed by atoms with Gasteiger partial charge in [-0.1, -0.05) is 48.5 Å². The van der Waals surface area contributed by atoms with Crippen molar-refractivity contribution in [2.75, 3.05) is 26.2 Å². The summed E-state index contributed by atoms with van der Waals surface area (Å²) in [5, 5.41) is 12.6. The maximum atomic E-state index is 13.9. The van der Waals surface area contributed by atoms with Gasteiger partial charge in [-0.2, -0.15) is 13.2 Å². The third kappa shape index (κ3) is 5.51. The van der Waals surface area contributed by atoms with Gasteiger partial charge in [0.25, 0.3) is 0 Å². The smallest absolute Gasteiger partial charge is 0.404 e. The first-order valence-corrected chi connectivity index (χ1v) is 12.2. The number of carbonyl (C=O) groups excluding carboxylic acids is 2. The molecule has 2 saturated heterocycles. The zero-order valence-corrected chi connectivity index (χ0v) is 20.1. The number of likely N-dealkylation sites (tertiary alicyclic amines) is 1. The Morgan fingerprint density at radius 2 is 1.78 bits per heavy atom. The van der Waals surface area contributed by atoms with Crippen LogP contribution in [-0.4, -0.2) is 60.3 Å². The van der Waals surface area contributed by atoms with Gasteiger partial charge in [-0.15, -0.1) is 0 Å². The van der Waals surface area contributed by atoms with Crippen molar-refractivity contribution in [1.82, 2.24) is 10.2 Å². The van der Waals surface area contributed by atoms with Gasteiger partial charge >= 0.3 is 6.18 Å². The molecule has 0 bridgehead atoms. The summed E-state index contributed by atoms with van der Waals surface area (Å²) in [6, 6.07) is 14.7. The molecule has 2 aliphatic rings. The van der Waals surface area contributed by atoms with Gasteiger partial charge in [0, 0.05) is 32.0 Å². The first-order chi connectivity index (χ1) is 17.1. The average molecular weight is 505 g/mol. The molecule has 36 heavy (non-hydrogen) atoms. The van der Waals surface area contributed by atoms with E-state index in [2.05, 4.69) is 5.32 Å². The van der Waals surface area contributed by atoms with Crippen LogP contribution in [0.5, 0.6) is 5.75 Å². The minimum Gasteiger partial charge on any atom is -0.491 e. The maximum absolute atomic E-state index is 13.9. The van der Waals surface area contributed by atoms with E-state index in [4.69, 9.17) is 4.74 Å². The number of para-hydroxylation sites is 1. The highest BCUT2D eigenvalue weighted by atomic mass is 19.4. The number of carbonyl (C=O) groups is 2. The maximum Gasteiger partial charge on any atom is 0.404 e. The highest BCUT2D eigenvalue weighted by Crippen LogP contribution is 2.51. The molecule has 194 valence electrons. The lowest BCUT2D eigenvalue weighted by molar-refractivity contribution is -0.173. The van der Waals surface area contributed by atoms with Gasteiger partial charge < -0.3 is 20.1 Å². The van der Waals surface area contributed by atoms with Crippen molar-refractivity contribution in [3.8, 4) is 5.75 Å². The number of hydrogen-bond acceptors (Lipinski definition) is 4. The number of ether oxygens (including phenoxy) is 1. The summed E-state index contributed by atoms with van der Waals surface area (Å²) < 4.78 is 47.6. The number of aliphatic hydroxyl groups is 1. The normalized spacial score (nSPS) is 21.5. The van der Waals surface area contributed by atoms with Crippen molar-refractivity contribution in [3.63, 3.8) is 0 Å². The van der Waals surface area contributed by atoms with Gasteiger partial charge in [-0.05, 0) is 42.4 Å². The van der Waals surface area contributed by atoms with E-state index in [1.165, 1.54) is 29.2 Å². The molecular weight excluding hydrogens is 473 g/mol. The number of hydrogen-bond donors (Lipinski definition) is 2. The van der Waals surface area contributed by atoms with Crippen LogP contribution in [-0.2, 0) is 9.59 Å². The van der Waals surface area contributed by atoms with Gasteiger partial charge in [0.15, 0.2) is 5.92 Å². The molecule has 0 saturated carbocycles. The molecule has 3 atom stereocenters. The molecule has 2 fully saturated rings. The van der Waals surface area contributed by atoms with Crippen LogP contribution in [0.2, 0.25) is 0 Å². The van der Waals surface area contributed by atoms with E-state index in [1.54, 1.807) is 13.0 Å². The van der Waals surface area contributed by atoms with Gasteiger partial charge in [-0.3, -0.25) is 9.59 Å². The number of aliphatic hydroxyl groups excluding tert-OH is 1. The highest BCUT2D eigenvalue weighted by molar-refractivity contribution is 5.85. The molecule has 2 aromatic rings. The predicted molar refractivity (Wildman–Crippen MR) is 127 cm³/mol. The van der Waals surface area contributed by atoms with Gasteiger partial charge in [0.1, 0.15) is 12.4 Å². The zero-order valence-electron chi connectivity index (χ0n) is 20.1. The van der Waals surface area contributed by atoms with Gasteiger partial charge in [-0.25, -0.2) is 0 Å². The molecule has 1 spiro atoms. The van der Waals surface area contributed by atoms with Crippen molar-refractivity contribution in [3.05, 3.63) is 65.7 Å². The molecule has 6 nitrogen and oxygen atoms in total. The second kappa shape index (κ2) is 10.5. The number of piperidine rings is 2. The molecule has 2 aliphatic heterocycles. The van der Waals surface area contributed by atoms with E-state index in [0.717, 1.165) is 5.56 Å². The summed E-state index contributed by atoms with van der Waals surface area (Å²) in [6.45, 7) is 2.39. The van der Waals surface area contributed by atoms with Crippen molar-refractivity contribution in [2.24, 2.45) is 5.41 Å². The highest BCUT2D eigenvalue weighted by Gasteiger charge is 2.51. The zero-order chi connectivity index (χ0) is 25.9. The molecule has 0 radical (unpaired) electrons. The number of amides is 2. The molecule has 2 N–H and O–H groups in total. The summed E-state index contributed by atoms with van der Waals surface area (Å²) in [7, 11) is 0. The largest absolute Gasteiger partial charge is 0.491 e. The van der Waals surface area contributed by atoms with Crippen molar-refractivity contribution >= 4 is 11.8 Å². The number of nitrogens with one attached hydrogen (secondary N) is 1. The Morgan fingerprint density at radius 3 is 2.42 bits per heavy atom. The Balaban J connectivity index is 1.56. The van der Waals surface area contributed by atoms with Crippen LogP contribution in [0.4, 0.5) is 13.2 Å². The lowest BCUT2D eigenvalue weighted by atomic mass is 9.62. The van der Waals surface area contributed by atoms with Gasteiger partial charge in [0.05, 0.1) is 6.10 Å². The number of alkyl halides is 3. The monoisotopic (exact) mass is 504 g/mol. The van der Waals surface area contributed by atoms with E-state index in [1.807, 2.05) is 24.3 Å². The third-order valence-corrected chi connectivity index (χ3v) is 7.31. The fourth-order valence-electron chi connectivity index (χ4n) is 5.49. The number of nitrogens with zero attached hydrogens (tertiary/aromatic N) is 1. The van der Waals surface area contributed by atoms with Crippen molar-refractivity contribution in [2.45, 2.75) is 50.3 Å². The second-order valence-corrected chi connectivity index (χ2v) is 9.80. The van der Waals surface area contributed by atoms with Gasteiger partial charge in [0.2, 0.25) is 11.8 Å². The van der Waals surface area contributed by atoms with Crippen molar-refractivity contribution < 1.29 is 32.6 Å². The fraction of sp³-hybridized carbons (Fsp3) is 0.481. The molecule has 0 aliphatic carbocycles. The topological polar surface area (TPSA) is 78.9 Å². The molecule has 9 heteroatoms. The van der Waals surface area contributed by atoms with Crippen LogP contribution in [0, 0.1) is 5.41 Å². The average Bonchev–Trinajstić information content (AvgIpc) is 2.83. The summed E-state index contributed by atoms with van der Waals surface area (Å²) in [6.07, 6.45) is -4.33. The lowest BCUT2D eigenvalue weighted by Crippen LogP contribution is -2.54. The van der Waals surface area contributed by atoms with Crippen LogP contribution in [0.25, 0.3) is 0 Å². The second-order valence-electron chi connectivity index (χ2n) is 9.80. The van der Waals surface area contributed by atoms with Crippen LogP contribution in [0.15, 0.2) is 54.6 Å². The molecular formula is C27H31F3N2O4. The van der Waals surface area contributed by atoms with E-state index in [9.17, 15) is 27.9 Å². The summed E-state index contributed by atoms with van der Waals surface area (Å²) in [5.74, 6) is -2.80. The number of benzene rings is 2. The predicted octanol–water partition coefficient (Wildman–Crippen LogP) is 4.00. The molecule has 0 aromatic heterocycles. The minimum atomic E-state index is -4.71. The van der Waals surface area contributed by atoms with Crippen LogP contribution in [0.1, 0.15) is 49.1 Å². The third-order valence-electron chi connectivity index (χ3n) is 7.31. The Bertz CT molecular complexity index is 1070. The summed E-state index contributed by atoms with van der Waals surface area (Å²) in [4.78, 5) is 26.9. The summed E-state index contributed by atoms with van der Waals surface area (Å²) in [5.41, 5.74) is 0.300. The first-order valence-electron chi connectivity index (χ1n) is 12.2. The van der Waals surface area contributed by atoms with Crippen LogP contribution >= 0.6 is 0 Å². The minimum absolute atomic E-state index is 0.0746. The van der Waals surface area contributed by atoms with Crippen molar-refractivity contribution in [1.29, 1.82) is 0 Å². The SMILES string of the molecule is CC(O)COc1ccccc1C1CNC(=O)CC12CCN(C(=O)C(c1ccccc1)C(F)(F)F)CC2. The molecule has 3 unspecified atom stereocenters. The molecule has 2 heterocycles.